The summed E-state index contributed by atoms with van der Waals surface area (Å²) in [6.07, 6.45) is 5.10. The van der Waals surface area contributed by atoms with Crippen molar-refractivity contribution in [2.45, 2.75) is 26.7 Å². The maximum Gasteiger partial charge on any atom is 0.147 e. The van der Waals surface area contributed by atoms with Crippen LogP contribution in [0.1, 0.15) is 30.9 Å². The van der Waals surface area contributed by atoms with Crippen LogP contribution in [0.2, 0.25) is 5.15 Å². The van der Waals surface area contributed by atoms with Crippen molar-refractivity contribution in [2.24, 2.45) is 5.92 Å². The van der Waals surface area contributed by atoms with E-state index in [9.17, 15) is 0 Å². The third-order valence-corrected chi connectivity index (χ3v) is 3.95. The number of aromatic nitrogens is 3. The zero-order chi connectivity index (χ0) is 13.8. The summed E-state index contributed by atoms with van der Waals surface area (Å²) in [6, 6.07) is 3.92. The number of halogens is 2. The molecule has 19 heavy (non-hydrogen) atoms. The summed E-state index contributed by atoms with van der Waals surface area (Å²) in [5.41, 5.74) is 2.05. The first-order chi connectivity index (χ1) is 9.06. The lowest BCUT2D eigenvalue weighted by Gasteiger charge is -2.10. The van der Waals surface area contributed by atoms with E-state index in [1.54, 1.807) is 6.20 Å². The Morgan fingerprint density at radius 1 is 1.32 bits per heavy atom. The lowest BCUT2D eigenvalue weighted by molar-refractivity contribution is 0.628. The molecule has 0 amide bonds. The van der Waals surface area contributed by atoms with E-state index in [4.69, 9.17) is 11.6 Å². The Morgan fingerprint density at radius 3 is 2.74 bits per heavy atom. The molecular weight excluding hydrogens is 326 g/mol. The quantitative estimate of drug-likeness (QED) is 0.787. The molecule has 3 nitrogen and oxygen atoms in total. The Bertz CT molecular complexity index is 558. The van der Waals surface area contributed by atoms with Gasteiger partial charge in [-0.1, -0.05) is 31.5 Å². The molecule has 2 heterocycles. The number of hydrogen-bond donors (Lipinski definition) is 0. The first-order valence-corrected chi connectivity index (χ1v) is 7.33. The Labute approximate surface area is 126 Å². The monoisotopic (exact) mass is 339 g/mol. The van der Waals surface area contributed by atoms with Crippen molar-refractivity contribution in [2.75, 3.05) is 0 Å². The molecule has 0 spiro atoms. The van der Waals surface area contributed by atoms with Crippen molar-refractivity contribution >= 4 is 27.5 Å². The second-order valence-electron chi connectivity index (χ2n) is 4.83. The van der Waals surface area contributed by atoms with Crippen LogP contribution in [0.15, 0.2) is 29.0 Å². The van der Waals surface area contributed by atoms with Crippen molar-refractivity contribution in [3.05, 3.63) is 51.2 Å². The molecule has 0 aliphatic carbocycles. The van der Waals surface area contributed by atoms with Gasteiger partial charge in [-0.3, -0.25) is 4.98 Å². The van der Waals surface area contributed by atoms with Gasteiger partial charge >= 0.3 is 0 Å². The molecule has 5 heteroatoms. The highest BCUT2D eigenvalue weighted by Crippen LogP contribution is 2.25. The lowest BCUT2D eigenvalue weighted by Crippen LogP contribution is -2.05. The molecule has 0 radical (unpaired) electrons. The predicted octanol–water partition coefficient (Wildman–Crippen LogP) is 4.08. The van der Waals surface area contributed by atoms with Crippen molar-refractivity contribution in [1.29, 1.82) is 0 Å². The highest BCUT2D eigenvalue weighted by atomic mass is 79.9. The average molecular weight is 341 g/mol. The van der Waals surface area contributed by atoms with Crippen LogP contribution in [0, 0.1) is 5.92 Å². The Hall–Kier alpha value is -1.00. The van der Waals surface area contributed by atoms with Gasteiger partial charge in [-0.2, -0.15) is 0 Å². The minimum atomic E-state index is 0.476. The zero-order valence-electron chi connectivity index (χ0n) is 10.9. The van der Waals surface area contributed by atoms with E-state index >= 15 is 0 Å². The van der Waals surface area contributed by atoms with Crippen LogP contribution in [0.3, 0.4) is 0 Å². The van der Waals surface area contributed by atoms with Gasteiger partial charge in [0.1, 0.15) is 11.0 Å². The summed E-state index contributed by atoms with van der Waals surface area (Å²) in [6.45, 7) is 4.31. The summed E-state index contributed by atoms with van der Waals surface area (Å²) in [4.78, 5) is 13.0. The fourth-order valence-corrected chi connectivity index (χ4v) is 2.34. The van der Waals surface area contributed by atoms with Gasteiger partial charge < -0.3 is 0 Å². The first kappa shape index (κ1) is 14.4. The molecule has 2 aromatic heterocycles. The van der Waals surface area contributed by atoms with E-state index in [-0.39, 0.29) is 0 Å². The zero-order valence-corrected chi connectivity index (χ0v) is 13.2. The molecule has 0 fully saturated rings. The largest absolute Gasteiger partial charge is 0.264 e. The van der Waals surface area contributed by atoms with E-state index in [2.05, 4.69) is 44.7 Å². The standard InChI is InChI=1S/C14H15BrClN3/c1-9(2)6-11-13(15)14(16)19-12(18-11)7-10-4-3-5-17-8-10/h3-5,8-9H,6-7H2,1-2H3. The summed E-state index contributed by atoms with van der Waals surface area (Å²) >= 11 is 9.61. The first-order valence-electron chi connectivity index (χ1n) is 6.16. The van der Waals surface area contributed by atoms with Gasteiger partial charge in [-0.15, -0.1) is 0 Å². The molecule has 2 rings (SSSR count). The second-order valence-corrected chi connectivity index (χ2v) is 5.98. The van der Waals surface area contributed by atoms with Crippen LogP contribution in [0.25, 0.3) is 0 Å². The van der Waals surface area contributed by atoms with Gasteiger partial charge in [0.2, 0.25) is 0 Å². The Kier molecular flexibility index (Phi) is 4.88. The van der Waals surface area contributed by atoms with Crippen molar-refractivity contribution < 1.29 is 0 Å². The second kappa shape index (κ2) is 6.44. The smallest absolute Gasteiger partial charge is 0.147 e. The van der Waals surface area contributed by atoms with Crippen molar-refractivity contribution in [1.82, 2.24) is 15.0 Å². The van der Waals surface area contributed by atoms with Crippen LogP contribution >= 0.6 is 27.5 Å². The minimum Gasteiger partial charge on any atom is -0.264 e. The summed E-state index contributed by atoms with van der Waals surface area (Å²) in [5, 5.41) is 0.476. The van der Waals surface area contributed by atoms with Crippen molar-refractivity contribution in [3.8, 4) is 0 Å². The maximum atomic E-state index is 6.16. The molecule has 0 N–H and O–H groups in total. The summed E-state index contributed by atoms with van der Waals surface area (Å²) in [7, 11) is 0. The van der Waals surface area contributed by atoms with E-state index in [0.29, 0.717) is 17.5 Å². The van der Waals surface area contributed by atoms with Crippen LogP contribution in [0.4, 0.5) is 0 Å². The highest BCUT2D eigenvalue weighted by molar-refractivity contribution is 9.10. The third kappa shape index (κ3) is 3.98. The lowest BCUT2D eigenvalue weighted by atomic mass is 10.1. The topological polar surface area (TPSA) is 38.7 Å². The van der Waals surface area contributed by atoms with Crippen LogP contribution in [-0.2, 0) is 12.8 Å². The number of pyridine rings is 1. The van der Waals surface area contributed by atoms with E-state index in [0.717, 1.165) is 28.0 Å². The predicted molar refractivity (Wildman–Crippen MR) is 80.3 cm³/mol. The maximum absolute atomic E-state index is 6.16. The van der Waals surface area contributed by atoms with Gasteiger partial charge in [0.15, 0.2) is 0 Å². The Morgan fingerprint density at radius 2 is 2.11 bits per heavy atom. The van der Waals surface area contributed by atoms with Gasteiger partial charge in [0.25, 0.3) is 0 Å². The van der Waals surface area contributed by atoms with E-state index < -0.39 is 0 Å². The molecule has 0 unspecified atom stereocenters. The molecule has 0 saturated carbocycles. The van der Waals surface area contributed by atoms with Crippen LogP contribution < -0.4 is 0 Å². The highest BCUT2D eigenvalue weighted by Gasteiger charge is 2.12. The van der Waals surface area contributed by atoms with Crippen LogP contribution in [-0.4, -0.2) is 15.0 Å². The average Bonchev–Trinajstić information content (AvgIpc) is 2.36. The van der Waals surface area contributed by atoms with Crippen molar-refractivity contribution in [3.63, 3.8) is 0 Å². The molecular formula is C14H15BrClN3. The molecule has 100 valence electrons. The SMILES string of the molecule is CC(C)Cc1nc(Cc2cccnc2)nc(Cl)c1Br. The van der Waals surface area contributed by atoms with Crippen LogP contribution in [0.5, 0.6) is 0 Å². The third-order valence-electron chi connectivity index (χ3n) is 2.61. The van der Waals surface area contributed by atoms with Gasteiger partial charge in [0, 0.05) is 18.8 Å². The fraction of sp³-hybridized carbons (Fsp3) is 0.357. The number of nitrogens with zero attached hydrogens (tertiary/aromatic N) is 3. The normalized spacial score (nSPS) is 11.0. The molecule has 0 bridgehead atoms. The fourth-order valence-electron chi connectivity index (χ4n) is 1.80. The van der Waals surface area contributed by atoms with Gasteiger partial charge in [0.05, 0.1) is 10.2 Å². The molecule has 0 saturated heterocycles. The van der Waals surface area contributed by atoms with E-state index in [1.165, 1.54) is 0 Å². The number of hydrogen-bond acceptors (Lipinski definition) is 3. The number of rotatable bonds is 4. The molecule has 0 atom stereocenters. The molecule has 0 aliphatic heterocycles. The minimum absolute atomic E-state index is 0.476. The van der Waals surface area contributed by atoms with Gasteiger partial charge in [-0.25, -0.2) is 9.97 Å². The summed E-state index contributed by atoms with van der Waals surface area (Å²) in [5.74, 6) is 1.25. The summed E-state index contributed by atoms with van der Waals surface area (Å²) < 4.78 is 0.804. The molecule has 0 aliphatic rings. The Balaban J connectivity index is 2.29. The molecule has 0 aromatic carbocycles. The van der Waals surface area contributed by atoms with Gasteiger partial charge in [-0.05, 0) is 39.9 Å². The van der Waals surface area contributed by atoms with E-state index in [1.807, 2.05) is 18.3 Å². The molecule has 2 aromatic rings.